The first-order valence-electron chi connectivity index (χ1n) is 5.37. The minimum Gasteiger partial charge on any atom is -0.347 e. The first-order valence-corrected chi connectivity index (χ1v) is 6.85. The number of allylic oxidation sites excluding steroid dienone is 1. The van der Waals surface area contributed by atoms with Crippen LogP contribution in [-0.4, -0.2) is 31.6 Å². The molecule has 2 aliphatic heterocycles. The third-order valence-electron chi connectivity index (χ3n) is 2.90. The zero-order valence-electron chi connectivity index (χ0n) is 8.94. The van der Waals surface area contributed by atoms with Gasteiger partial charge in [-0.3, -0.25) is 0 Å². The van der Waals surface area contributed by atoms with Crippen molar-refractivity contribution in [2.24, 2.45) is 4.99 Å². The Kier molecular flexibility index (Phi) is 2.82. The molecule has 5 heteroatoms. The van der Waals surface area contributed by atoms with Gasteiger partial charge in [-0.2, -0.15) is 0 Å². The van der Waals surface area contributed by atoms with Gasteiger partial charge in [0.25, 0.3) is 0 Å². The minimum atomic E-state index is -3.24. The van der Waals surface area contributed by atoms with Crippen molar-refractivity contribution in [2.75, 3.05) is 13.1 Å². The lowest BCUT2D eigenvalue weighted by Gasteiger charge is -2.21. The van der Waals surface area contributed by atoms with E-state index in [1.807, 2.05) is 4.90 Å². The molecular formula is C10H16N2O2S. The molecule has 0 aromatic carbocycles. The highest BCUT2D eigenvalue weighted by atomic mass is 32.2. The Bertz CT molecular complexity index is 401. The second-order valence-electron chi connectivity index (χ2n) is 4.06. The standard InChI is InChI=1S/C10H16N2O2S/c1-9-8-11-10(15(9,13)14)12-6-4-2-3-5-7-12/h8H,2-7H2,1H3. The van der Waals surface area contributed by atoms with E-state index in [1.165, 1.54) is 19.0 Å². The number of hydrogen-bond donors (Lipinski definition) is 0. The molecule has 1 fully saturated rings. The number of aliphatic imine (C=N–C) groups is 1. The molecule has 0 radical (unpaired) electrons. The molecule has 0 aliphatic carbocycles. The zero-order chi connectivity index (χ0) is 10.9. The van der Waals surface area contributed by atoms with Crippen LogP contribution >= 0.6 is 0 Å². The fourth-order valence-corrected chi connectivity index (χ4v) is 3.14. The molecule has 0 unspecified atom stereocenters. The second kappa shape index (κ2) is 3.96. The summed E-state index contributed by atoms with van der Waals surface area (Å²) in [6.45, 7) is 3.24. The summed E-state index contributed by atoms with van der Waals surface area (Å²) in [4.78, 5) is 6.30. The highest BCUT2D eigenvalue weighted by Gasteiger charge is 2.31. The monoisotopic (exact) mass is 228 g/mol. The van der Waals surface area contributed by atoms with Crippen molar-refractivity contribution in [2.45, 2.75) is 32.6 Å². The van der Waals surface area contributed by atoms with Crippen molar-refractivity contribution < 1.29 is 8.42 Å². The van der Waals surface area contributed by atoms with Gasteiger partial charge in [-0.05, 0) is 19.8 Å². The van der Waals surface area contributed by atoms with Crippen LogP contribution in [0.1, 0.15) is 32.6 Å². The summed E-state index contributed by atoms with van der Waals surface area (Å²) in [6, 6.07) is 0. The zero-order valence-corrected chi connectivity index (χ0v) is 9.76. The van der Waals surface area contributed by atoms with Crippen molar-refractivity contribution in [3.63, 3.8) is 0 Å². The SMILES string of the molecule is CC1=CN=C(N2CCCCCC2)S1(=O)=O. The van der Waals surface area contributed by atoms with Gasteiger partial charge in [0.15, 0.2) is 0 Å². The average Bonchev–Trinajstić information content (AvgIpc) is 2.46. The molecule has 0 amide bonds. The molecule has 4 nitrogen and oxygen atoms in total. The lowest BCUT2D eigenvalue weighted by molar-refractivity contribution is 0.440. The fraction of sp³-hybridized carbons (Fsp3) is 0.700. The summed E-state index contributed by atoms with van der Waals surface area (Å²) in [5.74, 6) is 0. The summed E-state index contributed by atoms with van der Waals surface area (Å²) in [5.41, 5.74) is 0. The summed E-state index contributed by atoms with van der Waals surface area (Å²) in [7, 11) is -3.24. The van der Waals surface area contributed by atoms with Crippen LogP contribution in [0.4, 0.5) is 0 Å². The second-order valence-corrected chi connectivity index (χ2v) is 6.07. The van der Waals surface area contributed by atoms with Gasteiger partial charge >= 0.3 is 0 Å². The van der Waals surface area contributed by atoms with E-state index in [-0.39, 0.29) is 5.17 Å². The normalized spacial score (nSPS) is 25.8. The molecule has 1 saturated heterocycles. The molecule has 15 heavy (non-hydrogen) atoms. The third-order valence-corrected chi connectivity index (χ3v) is 4.70. The van der Waals surface area contributed by atoms with Crippen LogP contribution in [0.15, 0.2) is 16.1 Å². The van der Waals surface area contributed by atoms with Crippen LogP contribution < -0.4 is 0 Å². The maximum atomic E-state index is 11.9. The van der Waals surface area contributed by atoms with Crippen molar-refractivity contribution in [3.8, 4) is 0 Å². The highest BCUT2D eigenvalue weighted by molar-refractivity contribution is 8.09. The molecule has 2 heterocycles. The van der Waals surface area contributed by atoms with Crippen molar-refractivity contribution in [1.82, 2.24) is 4.90 Å². The summed E-state index contributed by atoms with van der Waals surface area (Å²) < 4.78 is 23.7. The Morgan fingerprint density at radius 1 is 1.20 bits per heavy atom. The van der Waals surface area contributed by atoms with Gasteiger partial charge in [-0.25, -0.2) is 13.4 Å². The van der Waals surface area contributed by atoms with E-state index in [9.17, 15) is 8.42 Å². The summed E-state index contributed by atoms with van der Waals surface area (Å²) in [5, 5.41) is 0.266. The fourth-order valence-electron chi connectivity index (χ4n) is 1.94. The van der Waals surface area contributed by atoms with E-state index in [4.69, 9.17) is 0 Å². The maximum Gasteiger partial charge on any atom is 0.237 e. The lowest BCUT2D eigenvalue weighted by atomic mass is 10.2. The van der Waals surface area contributed by atoms with E-state index < -0.39 is 9.84 Å². The molecule has 0 bridgehead atoms. The van der Waals surface area contributed by atoms with Gasteiger partial charge in [0.2, 0.25) is 15.0 Å². The molecule has 0 spiro atoms. The Morgan fingerprint density at radius 3 is 2.27 bits per heavy atom. The molecule has 2 aliphatic rings. The van der Waals surface area contributed by atoms with Crippen LogP contribution in [0.25, 0.3) is 0 Å². The van der Waals surface area contributed by atoms with Crippen molar-refractivity contribution >= 4 is 15.0 Å². The topological polar surface area (TPSA) is 49.7 Å². The molecule has 2 rings (SSSR count). The molecule has 0 aromatic rings. The molecule has 0 aromatic heterocycles. The molecule has 0 saturated carbocycles. The number of likely N-dealkylation sites (tertiary alicyclic amines) is 1. The number of nitrogens with zero attached hydrogens (tertiary/aromatic N) is 2. The van der Waals surface area contributed by atoms with Crippen LogP contribution in [0.5, 0.6) is 0 Å². The van der Waals surface area contributed by atoms with Crippen molar-refractivity contribution in [1.29, 1.82) is 0 Å². The maximum absolute atomic E-state index is 11.9. The number of sulfone groups is 1. The Hall–Kier alpha value is -0.840. The van der Waals surface area contributed by atoms with E-state index in [1.54, 1.807) is 6.92 Å². The molecule has 84 valence electrons. The largest absolute Gasteiger partial charge is 0.347 e. The number of amidine groups is 1. The van der Waals surface area contributed by atoms with Gasteiger partial charge in [-0.15, -0.1) is 0 Å². The predicted octanol–water partition coefficient (Wildman–Crippen LogP) is 1.51. The van der Waals surface area contributed by atoms with Gasteiger partial charge in [-0.1, -0.05) is 12.8 Å². The van der Waals surface area contributed by atoms with Gasteiger partial charge in [0, 0.05) is 19.3 Å². The van der Waals surface area contributed by atoms with Crippen molar-refractivity contribution in [3.05, 3.63) is 11.1 Å². The van der Waals surface area contributed by atoms with E-state index in [0.29, 0.717) is 4.91 Å². The Balaban J connectivity index is 2.19. The van der Waals surface area contributed by atoms with E-state index in [0.717, 1.165) is 25.9 Å². The highest BCUT2D eigenvalue weighted by Crippen LogP contribution is 2.21. The summed E-state index contributed by atoms with van der Waals surface area (Å²) in [6.07, 6.45) is 5.96. The van der Waals surface area contributed by atoms with Crippen LogP contribution in [0.3, 0.4) is 0 Å². The lowest BCUT2D eigenvalue weighted by Crippen LogP contribution is -2.36. The third kappa shape index (κ3) is 1.93. The molecular weight excluding hydrogens is 212 g/mol. The Labute approximate surface area is 90.6 Å². The first kappa shape index (κ1) is 10.7. The quantitative estimate of drug-likeness (QED) is 0.631. The summed E-state index contributed by atoms with van der Waals surface area (Å²) >= 11 is 0. The number of hydrogen-bond acceptors (Lipinski definition) is 4. The van der Waals surface area contributed by atoms with Gasteiger partial charge in [0.1, 0.15) is 0 Å². The van der Waals surface area contributed by atoms with Gasteiger partial charge < -0.3 is 4.90 Å². The predicted molar refractivity (Wildman–Crippen MR) is 60.2 cm³/mol. The number of rotatable bonds is 0. The van der Waals surface area contributed by atoms with E-state index in [2.05, 4.69) is 4.99 Å². The average molecular weight is 228 g/mol. The van der Waals surface area contributed by atoms with Crippen LogP contribution in [-0.2, 0) is 9.84 Å². The van der Waals surface area contributed by atoms with Crippen LogP contribution in [0, 0.1) is 0 Å². The van der Waals surface area contributed by atoms with E-state index >= 15 is 0 Å². The molecule has 0 N–H and O–H groups in total. The van der Waals surface area contributed by atoms with Gasteiger partial charge in [0.05, 0.1) is 4.91 Å². The molecule has 0 atom stereocenters. The Morgan fingerprint density at radius 2 is 1.80 bits per heavy atom. The minimum absolute atomic E-state index is 0.266. The van der Waals surface area contributed by atoms with Crippen LogP contribution in [0.2, 0.25) is 0 Å². The smallest absolute Gasteiger partial charge is 0.237 e. The first-order chi connectivity index (χ1) is 7.12.